The highest BCUT2D eigenvalue weighted by Crippen LogP contribution is 2.29. The number of amides is 2. The maximum Gasteiger partial charge on any atom is 0.416 e. The summed E-state index contributed by atoms with van der Waals surface area (Å²) in [5, 5.41) is 12.8. The van der Waals surface area contributed by atoms with Crippen molar-refractivity contribution in [3.8, 4) is 0 Å². The van der Waals surface area contributed by atoms with Crippen LogP contribution in [0.2, 0.25) is 0 Å². The van der Waals surface area contributed by atoms with Gasteiger partial charge in [0, 0.05) is 11.1 Å². The molecule has 11 heteroatoms. The molecule has 0 saturated heterocycles. The highest BCUT2D eigenvalue weighted by atomic mass is 32.2. The van der Waals surface area contributed by atoms with Crippen molar-refractivity contribution in [1.82, 2.24) is 20.8 Å². The van der Waals surface area contributed by atoms with Gasteiger partial charge >= 0.3 is 6.18 Å². The molecule has 7 nitrogen and oxygen atoms in total. The number of thioether (sulfide) groups is 1. The Hall–Kier alpha value is -2.56. The fourth-order valence-electron chi connectivity index (χ4n) is 2.04. The third kappa shape index (κ3) is 6.87. The van der Waals surface area contributed by atoms with Crippen LogP contribution in [0.5, 0.6) is 0 Å². The number of rotatable bonds is 6. The molecule has 0 fully saturated rings. The normalized spacial score (nSPS) is 11.9. The molecule has 0 spiro atoms. The molecule has 1 heterocycles. The Morgan fingerprint density at radius 1 is 1.18 bits per heavy atom. The highest BCUT2D eigenvalue weighted by molar-refractivity contribution is 7.99. The standard InChI is InChI=1S/C17H19F3N4O3S/c1-16(2,3)22-12(25)9-28-15-24-23-13(27-15)8-21-14(26)10-5-4-6-11(7-10)17(18,19)20/h4-7H,8-9H2,1-3H3,(H,21,26)(H,22,25). The maximum atomic E-state index is 12.7. The summed E-state index contributed by atoms with van der Waals surface area (Å²) in [4.78, 5) is 23.8. The maximum absolute atomic E-state index is 12.7. The lowest BCUT2D eigenvalue weighted by atomic mass is 10.1. The molecule has 1 aromatic carbocycles. The number of nitrogens with one attached hydrogen (secondary N) is 2. The summed E-state index contributed by atoms with van der Waals surface area (Å²) in [5.41, 5.74) is -1.40. The molecule has 152 valence electrons. The monoisotopic (exact) mass is 416 g/mol. The Bertz CT molecular complexity index is 847. The van der Waals surface area contributed by atoms with Crippen LogP contribution in [0.4, 0.5) is 13.2 Å². The van der Waals surface area contributed by atoms with Gasteiger partial charge in [-0.3, -0.25) is 9.59 Å². The molecule has 1 aromatic heterocycles. The average molecular weight is 416 g/mol. The van der Waals surface area contributed by atoms with Crippen molar-refractivity contribution >= 4 is 23.6 Å². The minimum atomic E-state index is -4.53. The number of benzene rings is 1. The lowest BCUT2D eigenvalue weighted by Crippen LogP contribution is -2.41. The third-order valence-electron chi connectivity index (χ3n) is 3.14. The summed E-state index contributed by atoms with van der Waals surface area (Å²) in [6.07, 6.45) is -4.53. The molecule has 2 amide bonds. The lowest BCUT2D eigenvalue weighted by molar-refractivity contribution is -0.137. The topological polar surface area (TPSA) is 97.1 Å². The van der Waals surface area contributed by atoms with E-state index in [1.807, 2.05) is 20.8 Å². The average Bonchev–Trinajstić information content (AvgIpc) is 3.04. The van der Waals surface area contributed by atoms with Gasteiger partial charge in [-0.2, -0.15) is 13.2 Å². The lowest BCUT2D eigenvalue weighted by Gasteiger charge is -2.19. The van der Waals surface area contributed by atoms with Crippen LogP contribution < -0.4 is 10.6 Å². The van der Waals surface area contributed by atoms with Gasteiger partial charge in [0.25, 0.3) is 11.1 Å². The van der Waals surface area contributed by atoms with E-state index in [2.05, 4.69) is 20.8 Å². The van der Waals surface area contributed by atoms with E-state index >= 15 is 0 Å². The Labute approximate surface area is 163 Å². The van der Waals surface area contributed by atoms with Crippen LogP contribution in [0, 0.1) is 0 Å². The first-order chi connectivity index (χ1) is 12.9. The van der Waals surface area contributed by atoms with Crippen LogP contribution in [0.1, 0.15) is 42.6 Å². The summed E-state index contributed by atoms with van der Waals surface area (Å²) in [7, 11) is 0. The molecular weight excluding hydrogens is 397 g/mol. The summed E-state index contributed by atoms with van der Waals surface area (Å²) >= 11 is 1.04. The van der Waals surface area contributed by atoms with Crippen molar-refractivity contribution in [2.75, 3.05) is 5.75 Å². The molecule has 0 aliphatic rings. The van der Waals surface area contributed by atoms with Gasteiger partial charge in [-0.15, -0.1) is 10.2 Å². The van der Waals surface area contributed by atoms with E-state index in [1.165, 1.54) is 6.07 Å². The van der Waals surface area contributed by atoms with Crippen LogP contribution >= 0.6 is 11.8 Å². The number of aromatic nitrogens is 2. The zero-order chi connectivity index (χ0) is 20.9. The zero-order valence-corrected chi connectivity index (χ0v) is 16.2. The van der Waals surface area contributed by atoms with Crippen molar-refractivity contribution in [3.63, 3.8) is 0 Å². The number of hydrogen-bond acceptors (Lipinski definition) is 6. The van der Waals surface area contributed by atoms with Gasteiger partial charge in [-0.25, -0.2) is 0 Å². The predicted octanol–water partition coefficient (Wildman–Crippen LogP) is 3.03. The number of carbonyl (C=O) groups excluding carboxylic acids is 2. The van der Waals surface area contributed by atoms with Gasteiger partial charge in [0.15, 0.2) is 0 Å². The van der Waals surface area contributed by atoms with Crippen molar-refractivity contribution in [2.45, 2.75) is 44.3 Å². The molecule has 2 rings (SSSR count). The quantitative estimate of drug-likeness (QED) is 0.703. The van der Waals surface area contributed by atoms with Crippen molar-refractivity contribution in [1.29, 1.82) is 0 Å². The number of halogens is 3. The highest BCUT2D eigenvalue weighted by Gasteiger charge is 2.30. The number of carbonyl (C=O) groups is 2. The summed E-state index contributed by atoms with van der Waals surface area (Å²) < 4.78 is 43.4. The Balaban J connectivity index is 1.87. The summed E-state index contributed by atoms with van der Waals surface area (Å²) in [6.45, 7) is 5.41. The van der Waals surface area contributed by atoms with Crippen molar-refractivity contribution in [2.24, 2.45) is 0 Å². The molecule has 0 radical (unpaired) electrons. The smallest absolute Gasteiger partial charge is 0.414 e. The third-order valence-corrected chi connectivity index (χ3v) is 3.96. The van der Waals surface area contributed by atoms with E-state index in [0.29, 0.717) is 0 Å². The van der Waals surface area contributed by atoms with E-state index in [9.17, 15) is 22.8 Å². The van der Waals surface area contributed by atoms with Crippen LogP contribution in [0.3, 0.4) is 0 Å². The molecule has 0 atom stereocenters. The number of nitrogens with zero attached hydrogens (tertiary/aromatic N) is 2. The fraction of sp³-hybridized carbons (Fsp3) is 0.412. The Morgan fingerprint density at radius 2 is 1.89 bits per heavy atom. The van der Waals surface area contributed by atoms with E-state index < -0.39 is 17.6 Å². The molecule has 0 saturated carbocycles. The number of alkyl halides is 3. The summed E-state index contributed by atoms with van der Waals surface area (Å²) in [6, 6.07) is 4.07. The van der Waals surface area contributed by atoms with Crippen molar-refractivity contribution < 1.29 is 27.2 Å². The van der Waals surface area contributed by atoms with Crippen molar-refractivity contribution in [3.05, 3.63) is 41.3 Å². The predicted molar refractivity (Wildman–Crippen MR) is 95.5 cm³/mol. The molecular formula is C17H19F3N4O3S. The van der Waals surface area contributed by atoms with Crippen LogP contribution in [-0.2, 0) is 17.5 Å². The first-order valence-corrected chi connectivity index (χ1v) is 9.14. The van der Waals surface area contributed by atoms with E-state index in [4.69, 9.17) is 4.42 Å². The molecule has 0 unspecified atom stereocenters. The Morgan fingerprint density at radius 3 is 2.54 bits per heavy atom. The molecule has 0 aliphatic heterocycles. The van der Waals surface area contributed by atoms with E-state index in [0.717, 1.165) is 30.0 Å². The second-order valence-corrected chi connectivity index (χ2v) is 7.74. The minimum Gasteiger partial charge on any atom is -0.414 e. The van der Waals surface area contributed by atoms with Gasteiger partial charge in [0.2, 0.25) is 11.8 Å². The van der Waals surface area contributed by atoms with Crippen LogP contribution in [-0.4, -0.2) is 33.3 Å². The van der Waals surface area contributed by atoms with Gasteiger partial charge in [-0.1, -0.05) is 17.8 Å². The van der Waals surface area contributed by atoms with Crippen LogP contribution in [0.25, 0.3) is 0 Å². The first-order valence-electron chi connectivity index (χ1n) is 8.16. The second kappa shape index (κ2) is 8.63. The fourth-order valence-corrected chi connectivity index (χ4v) is 2.62. The molecule has 28 heavy (non-hydrogen) atoms. The van der Waals surface area contributed by atoms with Gasteiger partial charge < -0.3 is 15.1 Å². The molecule has 2 aromatic rings. The first kappa shape index (κ1) is 21.7. The summed E-state index contributed by atoms with van der Waals surface area (Å²) in [5.74, 6) is -0.757. The van der Waals surface area contributed by atoms with Gasteiger partial charge in [-0.05, 0) is 39.0 Å². The minimum absolute atomic E-state index is 0.0686. The number of hydrogen-bond donors (Lipinski definition) is 2. The zero-order valence-electron chi connectivity index (χ0n) is 15.4. The largest absolute Gasteiger partial charge is 0.416 e. The van der Waals surface area contributed by atoms with Gasteiger partial charge in [0.1, 0.15) is 0 Å². The SMILES string of the molecule is CC(C)(C)NC(=O)CSc1nnc(CNC(=O)c2cccc(C(F)(F)F)c2)o1. The second-order valence-electron chi connectivity index (χ2n) is 6.81. The van der Waals surface area contributed by atoms with E-state index in [-0.39, 0.29) is 40.4 Å². The van der Waals surface area contributed by atoms with E-state index in [1.54, 1.807) is 0 Å². The molecule has 0 bridgehead atoms. The van der Waals surface area contributed by atoms with Gasteiger partial charge in [0.05, 0.1) is 17.9 Å². The Kier molecular flexibility index (Phi) is 6.70. The molecule has 0 aliphatic carbocycles. The molecule has 2 N–H and O–H groups in total. The van der Waals surface area contributed by atoms with Crippen LogP contribution in [0.15, 0.2) is 33.9 Å².